The summed E-state index contributed by atoms with van der Waals surface area (Å²) in [5.41, 5.74) is 0. The molecule has 0 aliphatic heterocycles. The SMILES string of the molecule is [C-]#[O+].[C-]#[O+].[Mo+2].c1cc[cH-]c1.c1ccc([PH+](CC[AsH](c2ccccc2)c2ccccc2)CC[AsH](c2ccccc2)c2ccccc2)cc1. The van der Waals surface area contributed by atoms with E-state index in [9.17, 15) is 0 Å². The van der Waals surface area contributed by atoms with Crippen molar-refractivity contribution < 1.29 is 30.4 Å². The maximum absolute atomic E-state index is 7.50. The van der Waals surface area contributed by atoms with E-state index in [4.69, 9.17) is 9.30 Å². The van der Waals surface area contributed by atoms with Crippen LogP contribution in [-0.4, -0.2) is 41.6 Å². The van der Waals surface area contributed by atoms with E-state index < -0.39 is 37.2 Å². The topological polar surface area (TPSA) is 39.8 Å². The summed E-state index contributed by atoms with van der Waals surface area (Å²) in [6.07, 6.45) is 2.73. The molecule has 0 N–H and O–H groups in total. The van der Waals surface area contributed by atoms with Crippen molar-refractivity contribution >= 4 is 59.9 Å². The zero-order chi connectivity index (χ0) is 32.7. The fourth-order valence-electron chi connectivity index (χ4n) is 5.43. The number of hydrogen-bond acceptors (Lipinski definition) is 0. The first-order valence-electron chi connectivity index (χ1n) is 15.3. The first kappa shape index (κ1) is 40.3. The monoisotopic (exact) mass is 844 g/mol. The summed E-state index contributed by atoms with van der Waals surface area (Å²) in [5, 5.41) is 4.34. The summed E-state index contributed by atoms with van der Waals surface area (Å²) >= 11 is -3.20. The molecule has 0 unspecified atom stereocenters. The van der Waals surface area contributed by atoms with Gasteiger partial charge in [0.15, 0.2) is 0 Å². The second-order valence-electron chi connectivity index (χ2n) is 10.4. The van der Waals surface area contributed by atoms with Crippen LogP contribution in [0.1, 0.15) is 0 Å². The molecule has 0 saturated carbocycles. The van der Waals surface area contributed by atoms with Crippen molar-refractivity contribution in [3.63, 3.8) is 0 Å². The second kappa shape index (κ2) is 25.2. The Hall–Kier alpha value is -2.83. The van der Waals surface area contributed by atoms with Crippen LogP contribution in [0.3, 0.4) is 0 Å². The van der Waals surface area contributed by atoms with E-state index in [0.717, 1.165) is 0 Å². The van der Waals surface area contributed by atoms with E-state index in [1.54, 1.807) is 22.7 Å². The van der Waals surface area contributed by atoms with Crippen LogP contribution in [0.25, 0.3) is 0 Å². The molecule has 6 rings (SSSR count). The quantitative estimate of drug-likeness (QED) is 0.0672. The Bertz CT molecular complexity index is 1430. The first-order valence-corrected chi connectivity index (χ1v) is 24.4. The van der Waals surface area contributed by atoms with Gasteiger partial charge < -0.3 is 0 Å². The summed E-state index contributed by atoms with van der Waals surface area (Å²) in [7, 11) is -0.657. The number of rotatable bonds is 11. The fraction of sp³-hybridized carbons (Fsp3) is 0.0976. The molecule has 0 atom stereocenters. The molecule has 236 valence electrons. The van der Waals surface area contributed by atoms with Crippen molar-refractivity contribution in [1.29, 1.82) is 0 Å². The van der Waals surface area contributed by atoms with E-state index in [1.165, 1.54) is 22.7 Å². The van der Waals surface area contributed by atoms with Crippen molar-refractivity contribution in [2.24, 2.45) is 0 Å². The van der Waals surface area contributed by atoms with Gasteiger partial charge in [0, 0.05) is 0 Å². The molecule has 0 aliphatic carbocycles. The van der Waals surface area contributed by atoms with Gasteiger partial charge in [-0.3, -0.25) is 0 Å². The van der Waals surface area contributed by atoms with Crippen molar-refractivity contribution in [3.05, 3.63) is 195 Å². The van der Waals surface area contributed by atoms with E-state index in [1.807, 2.05) is 30.3 Å². The normalized spacial score (nSPS) is 9.85. The van der Waals surface area contributed by atoms with Crippen LogP contribution < -0.4 is 22.7 Å². The van der Waals surface area contributed by atoms with Gasteiger partial charge in [-0.15, -0.1) is 0 Å². The average Bonchev–Trinajstić information content (AvgIpc) is 3.76. The van der Waals surface area contributed by atoms with Gasteiger partial charge in [0.1, 0.15) is 0 Å². The zero-order valence-corrected chi connectivity index (χ0v) is 33.6. The Morgan fingerprint density at radius 3 is 0.957 bits per heavy atom. The van der Waals surface area contributed by atoms with Gasteiger partial charge in [-0.25, -0.2) is 12.1 Å². The summed E-state index contributed by atoms with van der Waals surface area (Å²) in [5.74, 6) is 0. The Morgan fingerprint density at radius 2 is 0.702 bits per heavy atom. The molecule has 0 heterocycles. The molecular weight excluding hydrogens is 801 g/mol. The number of benzene rings is 5. The molecule has 2 nitrogen and oxygen atoms in total. The predicted molar refractivity (Wildman–Crippen MR) is 202 cm³/mol. The van der Waals surface area contributed by atoms with Crippen molar-refractivity contribution in [2.45, 2.75) is 10.4 Å². The first-order chi connectivity index (χ1) is 22.9. The minimum atomic E-state index is -1.60. The van der Waals surface area contributed by atoms with E-state index in [0.29, 0.717) is 0 Å². The van der Waals surface area contributed by atoms with Gasteiger partial charge in [-0.2, -0.15) is 18.2 Å². The summed E-state index contributed by atoms with van der Waals surface area (Å²) in [4.78, 5) is 0. The third-order valence-electron chi connectivity index (χ3n) is 7.58. The minimum absolute atomic E-state index is 0. The van der Waals surface area contributed by atoms with Crippen LogP contribution in [-0.2, 0) is 30.4 Å². The van der Waals surface area contributed by atoms with Crippen LogP contribution in [0.4, 0.5) is 0 Å². The van der Waals surface area contributed by atoms with Crippen LogP contribution >= 0.6 is 7.92 Å². The van der Waals surface area contributed by atoms with Crippen LogP contribution in [0.2, 0.25) is 10.4 Å². The zero-order valence-electron chi connectivity index (χ0n) is 26.4. The predicted octanol–water partition coefficient (Wildman–Crippen LogP) is 5.94. The molecule has 0 spiro atoms. The molecule has 0 amide bonds. The molecule has 0 bridgehead atoms. The summed E-state index contributed by atoms with van der Waals surface area (Å²) in [6, 6.07) is 67.0. The van der Waals surface area contributed by atoms with Crippen LogP contribution in [0.15, 0.2) is 182 Å². The Labute approximate surface area is 306 Å². The Balaban J connectivity index is 0.000000682. The summed E-state index contributed by atoms with van der Waals surface area (Å²) < 4.78 is 21.4. The van der Waals surface area contributed by atoms with Crippen molar-refractivity contribution in [3.8, 4) is 0 Å². The molecule has 0 saturated heterocycles. The van der Waals surface area contributed by atoms with Crippen LogP contribution in [0, 0.1) is 13.3 Å². The maximum atomic E-state index is 7.50. The van der Waals surface area contributed by atoms with E-state index >= 15 is 0 Å². The average molecular weight is 843 g/mol. The molecule has 2 radical (unpaired) electrons. The standard InChI is InChI=1S/C34H35As2P.C5H5.2CO.Mo/c1-6-16-30(17-7-1)35(31-18-8-2-9-19-31)26-28-37(34-24-14-5-15-25-34)29-27-36(32-20-10-3-11-21-32)33-22-12-4-13-23-33;1-2-4-5-3-1;2*1-2;/h1-25,35-36H,26-29H2;1-5H;;;/q;-1;;;+2/p+1. The fourth-order valence-corrected chi connectivity index (χ4v) is 23.8. The molecule has 6 aromatic carbocycles. The molecule has 0 aromatic heterocycles. The molecule has 0 fully saturated rings. The van der Waals surface area contributed by atoms with Gasteiger partial charge in [-0.05, 0) is 0 Å². The summed E-state index contributed by atoms with van der Waals surface area (Å²) in [6.45, 7) is 9.00. The van der Waals surface area contributed by atoms with Gasteiger partial charge in [0.25, 0.3) is 0 Å². The number of hydrogen-bond donors (Lipinski definition) is 0. The molecular formula is C41H41As2MoO2P+2. The van der Waals surface area contributed by atoms with Gasteiger partial charge >= 0.3 is 278 Å². The van der Waals surface area contributed by atoms with Crippen molar-refractivity contribution in [2.75, 3.05) is 12.3 Å². The molecule has 6 heteroatoms. The van der Waals surface area contributed by atoms with Gasteiger partial charge in [0.2, 0.25) is 0 Å². The molecule has 6 aromatic rings. The Kier molecular flexibility index (Phi) is 21.6. The van der Waals surface area contributed by atoms with Gasteiger partial charge in [0.05, 0.1) is 0 Å². The van der Waals surface area contributed by atoms with E-state index in [-0.39, 0.29) is 21.1 Å². The Morgan fingerprint density at radius 1 is 0.426 bits per heavy atom. The molecule has 47 heavy (non-hydrogen) atoms. The van der Waals surface area contributed by atoms with E-state index in [2.05, 4.69) is 165 Å². The van der Waals surface area contributed by atoms with Gasteiger partial charge in [-0.1, -0.05) is 0 Å². The molecule has 0 aliphatic rings. The third-order valence-corrected chi connectivity index (χ3v) is 24.3. The third kappa shape index (κ3) is 14.0. The van der Waals surface area contributed by atoms with Crippen molar-refractivity contribution in [1.82, 2.24) is 0 Å². The second-order valence-corrected chi connectivity index (χ2v) is 24.1. The van der Waals surface area contributed by atoms with Crippen LogP contribution in [0.5, 0.6) is 0 Å².